The van der Waals surface area contributed by atoms with Crippen LogP contribution in [-0.4, -0.2) is 34.3 Å². The summed E-state index contributed by atoms with van der Waals surface area (Å²) >= 11 is 7.36. The molecular formula is C23H28ClN5O3S2. The number of benzene rings is 2. The molecule has 1 heterocycles. The van der Waals surface area contributed by atoms with E-state index in [1.165, 1.54) is 36.0 Å². The molecule has 34 heavy (non-hydrogen) atoms. The highest BCUT2D eigenvalue weighted by Gasteiger charge is 2.21. The molecule has 0 saturated heterocycles. The molecule has 8 nitrogen and oxygen atoms in total. The summed E-state index contributed by atoms with van der Waals surface area (Å²) in [4.78, 5) is 12.8. The Labute approximate surface area is 209 Å². The molecule has 1 atom stereocenters. The molecule has 0 spiro atoms. The van der Waals surface area contributed by atoms with Gasteiger partial charge in [-0.1, -0.05) is 49.5 Å². The maximum absolute atomic E-state index is 12.8. The first kappa shape index (κ1) is 26.2. The van der Waals surface area contributed by atoms with Crippen molar-refractivity contribution in [1.29, 1.82) is 0 Å². The van der Waals surface area contributed by atoms with E-state index in [0.717, 1.165) is 43.6 Å². The number of halogens is 1. The Morgan fingerprint density at radius 2 is 1.76 bits per heavy atom. The van der Waals surface area contributed by atoms with Gasteiger partial charge in [0.15, 0.2) is 11.0 Å². The summed E-state index contributed by atoms with van der Waals surface area (Å²) in [6, 6.07) is 13.2. The number of hydrogen-bond acceptors (Lipinski definition) is 6. The van der Waals surface area contributed by atoms with Crippen LogP contribution in [0.4, 0.5) is 5.69 Å². The molecule has 3 aromatic rings. The van der Waals surface area contributed by atoms with Crippen molar-refractivity contribution in [2.75, 3.05) is 5.32 Å². The number of nitrogens with two attached hydrogens (primary N) is 1. The summed E-state index contributed by atoms with van der Waals surface area (Å²) in [7, 11) is -3.79. The number of nitrogens with one attached hydrogen (secondary N) is 1. The standard InChI is InChI=1S/C23H28ClN5O3S2/c1-3-4-5-6-15-29-21(17-7-9-18(24)10-8-17)27-28-23(29)33-16(2)22(30)26-19-11-13-20(14-12-19)34(25,31)32/h7-14,16H,3-6,15H2,1-2H3,(H,26,30)(H2,25,31,32)/t16-/m0/s1. The molecule has 3 rings (SSSR count). The lowest BCUT2D eigenvalue weighted by Crippen LogP contribution is -2.23. The molecule has 0 radical (unpaired) electrons. The van der Waals surface area contributed by atoms with Gasteiger partial charge in [-0.3, -0.25) is 4.79 Å². The molecule has 182 valence electrons. The second kappa shape index (κ2) is 11.8. The number of unbranched alkanes of at least 4 members (excludes halogenated alkanes) is 3. The highest BCUT2D eigenvalue weighted by Crippen LogP contribution is 2.29. The average molecular weight is 522 g/mol. The van der Waals surface area contributed by atoms with Crippen LogP contribution in [-0.2, 0) is 21.4 Å². The molecule has 0 fully saturated rings. The molecule has 0 bridgehead atoms. The van der Waals surface area contributed by atoms with Crippen molar-refractivity contribution in [3.63, 3.8) is 0 Å². The number of anilines is 1. The Bertz CT molecular complexity index is 1210. The van der Waals surface area contributed by atoms with Gasteiger partial charge in [0.2, 0.25) is 15.9 Å². The second-order valence-electron chi connectivity index (χ2n) is 7.84. The number of sulfonamides is 1. The van der Waals surface area contributed by atoms with Gasteiger partial charge in [-0.2, -0.15) is 0 Å². The van der Waals surface area contributed by atoms with Gasteiger partial charge in [-0.05, 0) is 61.9 Å². The molecule has 0 aliphatic carbocycles. The minimum Gasteiger partial charge on any atom is -0.325 e. The van der Waals surface area contributed by atoms with Gasteiger partial charge in [0.25, 0.3) is 0 Å². The number of carbonyl (C=O) groups excluding carboxylic acids is 1. The van der Waals surface area contributed by atoms with Gasteiger partial charge in [0.05, 0.1) is 10.1 Å². The lowest BCUT2D eigenvalue weighted by atomic mass is 10.2. The monoisotopic (exact) mass is 521 g/mol. The molecule has 11 heteroatoms. The molecule has 0 unspecified atom stereocenters. The molecule has 0 aliphatic heterocycles. The number of carbonyl (C=O) groups is 1. The van der Waals surface area contributed by atoms with Crippen molar-refractivity contribution in [1.82, 2.24) is 14.8 Å². The SMILES string of the molecule is CCCCCCn1c(S[C@@H](C)C(=O)Nc2ccc(S(N)(=O)=O)cc2)nnc1-c1ccc(Cl)cc1. The Balaban J connectivity index is 1.74. The van der Waals surface area contributed by atoms with Gasteiger partial charge in [-0.25, -0.2) is 13.6 Å². The smallest absolute Gasteiger partial charge is 0.238 e. The Morgan fingerprint density at radius 3 is 2.38 bits per heavy atom. The van der Waals surface area contributed by atoms with Crippen molar-refractivity contribution < 1.29 is 13.2 Å². The number of primary sulfonamides is 1. The first-order valence-electron chi connectivity index (χ1n) is 11.0. The lowest BCUT2D eigenvalue weighted by Gasteiger charge is -2.14. The summed E-state index contributed by atoms with van der Waals surface area (Å²) in [5, 5.41) is 17.5. The molecule has 1 aromatic heterocycles. The lowest BCUT2D eigenvalue weighted by molar-refractivity contribution is -0.115. The second-order valence-corrected chi connectivity index (χ2v) is 11.1. The molecule has 0 saturated carbocycles. The van der Waals surface area contributed by atoms with Crippen LogP contribution in [0, 0.1) is 0 Å². The van der Waals surface area contributed by atoms with Gasteiger partial charge >= 0.3 is 0 Å². The third kappa shape index (κ3) is 7.05. The van der Waals surface area contributed by atoms with Crippen molar-refractivity contribution in [2.45, 2.75) is 61.4 Å². The summed E-state index contributed by atoms with van der Waals surface area (Å²) in [5.74, 6) is 0.504. The summed E-state index contributed by atoms with van der Waals surface area (Å²) in [5.41, 5.74) is 1.39. The van der Waals surface area contributed by atoms with Crippen LogP contribution in [0.2, 0.25) is 5.02 Å². The molecular weight excluding hydrogens is 494 g/mol. The predicted octanol–water partition coefficient (Wildman–Crippen LogP) is 4.95. The van der Waals surface area contributed by atoms with E-state index in [2.05, 4.69) is 22.4 Å². The first-order chi connectivity index (χ1) is 16.2. The van der Waals surface area contributed by atoms with Gasteiger partial charge in [-0.15, -0.1) is 10.2 Å². The summed E-state index contributed by atoms with van der Waals surface area (Å²) < 4.78 is 24.9. The number of hydrogen-bond donors (Lipinski definition) is 2. The number of aromatic nitrogens is 3. The minimum atomic E-state index is -3.79. The van der Waals surface area contributed by atoms with E-state index in [1.807, 2.05) is 28.8 Å². The van der Waals surface area contributed by atoms with Crippen LogP contribution in [0.15, 0.2) is 58.6 Å². The largest absolute Gasteiger partial charge is 0.325 e. The molecule has 1 amide bonds. The van der Waals surface area contributed by atoms with Crippen LogP contribution in [0.25, 0.3) is 11.4 Å². The summed E-state index contributed by atoms with van der Waals surface area (Å²) in [6.45, 7) is 4.70. The average Bonchev–Trinajstić information content (AvgIpc) is 3.19. The molecule has 2 aromatic carbocycles. The van der Waals surface area contributed by atoms with E-state index >= 15 is 0 Å². The number of amides is 1. The maximum Gasteiger partial charge on any atom is 0.238 e. The Kier molecular flexibility index (Phi) is 9.12. The van der Waals surface area contributed by atoms with Crippen molar-refractivity contribution in [3.8, 4) is 11.4 Å². The number of rotatable bonds is 11. The highest BCUT2D eigenvalue weighted by molar-refractivity contribution is 8.00. The van der Waals surface area contributed by atoms with Crippen molar-refractivity contribution in [2.24, 2.45) is 5.14 Å². The minimum absolute atomic E-state index is 0.0150. The first-order valence-corrected chi connectivity index (χ1v) is 13.8. The topological polar surface area (TPSA) is 120 Å². The zero-order valence-electron chi connectivity index (χ0n) is 19.1. The van der Waals surface area contributed by atoms with Crippen molar-refractivity contribution >= 4 is 45.0 Å². The van der Waals surface area contributed by atoms with E-state index in [0.29, 0.717) is 15.9 Å². The van der Waals surface area contributed by atoms with Crippen LogP contribution < -0.4 is 10.5 Å². The van der Waals surface area contributed by atoms with Crippen LogP contribution >= 0.6 is 23.4 Å². The zero-order chi connectivity index (χ0) is 24.7. The zero-order valence-corrected chi connectivity index (χ0v) is 21.5. The van der Waals surface area contributed by atoms with Crippen LogP contribution in [0.1, 0.15) is 39.5 Å². The predicted molar refractivity (Wildman–Crippen MR) is 136 cm³/mol. The van der Waals surface area contributed by atoms with Gasteiger partial charge in [0.1, 0.15) is 0 Å². The Morgan fingerprint density at radius 1 is 1.09 bits per heavy atom. The van der Waals surface area contributed by atoms with Crippen LogP contribution in [0.3, 0.4) is 0 Å². The fourth-order valence-electron chi connectivity index (χ4n) is 3.27. The quantitative estimate of drug-likeness (QED) is 0.272. The van der Waals surface area contributed by atoms with Gasteiger partial charge in [0, 0.05) is 22.8 Å². The van der Waals surface area contributed by atoms with E-state index in [1.54, 1.807) is 6.92 Å². The fraction of sp³-hybridized carbons (Fsp3) is 0.348. The fourth-order valence-corrected chi connectivity index (χ4v) is 4.79. The molecule has 3 N–H and O–H groups in total. The third-order valence-electron chi connectivity index (χ3n) is 5.16. The van der Waals surface area contributed by atoms with Crippen LogP contribution in [0.5, 0.6) is 0 Å². The summed E-state index contributed by atoms with van der Waals surface area (Å²) in [6.07, 6.45) is 4.38. The third-order valence-corrected chi connectivity index (χ3v) is 7.42. The Hall–Kier alpha value is -2.40. The van der Waals surface area contributed by atoms with Gasteiger partial charge < -0.3 is 9.88 Å². The highest BCUT2D eigenvalue weighted by atomic mass is 35.5. The maximum atomic E-state index is 12.8. The molecule has 0 aliphatic rings. The number of thioether (sulfide) groups is 1. The van der Waals surface area contributed by atoms with E-state index in [-0.39, 0.29) is 10.8 Å². The van der Waals surface area contributed by atoms with Crippen molar-refractivity contribution in [3.05, 3.63) is 53.6 Å². The van der Waals surface area contributed by atoms with E-state index in [4.69, 9.17) is 16.7 Å². The normalized spacial score (nSPS) is 12.5. The number of nitrogens with zero attached hydrogens (tertiary/aromatic N) is 3. The van der Waals surface area contributed by atoms with E-state index in [9.17, 15) is 13.2 Å². The van der Waals surface area contributed by atoms with E-state index < -0.39 is 15.3 Å².